The van der Waals surface area contributed by atoms with E-state index < -0.39 is 0 Å². The van der Waals surface area contributed by atoms with Crippen molar-refractivity contribution in [1.29, 1.82) is 0 Å². The molecule has 0 saturated heterocycles. The monoisotopic (exact) mass is 359 g/mol. The van der Waals surface area contributed by atoms with Crippen LogP contribution in [0, 0.1) is 13.8 Å². The Balaban J connectivity index is 1.91. The second kappa shape index (κ2) is 5.81. The van der Waals surface area contributed by atoms with E-state index in [0.717, 1.165) is 11.4 Å². The minimum Gasteiger partial charge on any atom is -0.444 e. The molecular weight excluding hydrogens is 346 g/mol. The highest BCUT2D eigenvalue weighted by Crippen LogP contribution is 2.20. The van der Waals surface area contributed by atoms with Crippen molar-refractivity contribution >= 4 is 27.7 Å². The zero-order valence-corrected chi connectivity index (χ0v) is 13.7. The normalized spacial score (nSPS) is 10.7. The molecule has 0 aliphatic heterocycles. The number of aromatic nitrogens is 2. The highest BCUT2D eigenvalue weighted by molar-refractivity contribution is 9.10. The van der Waals surface area contributed by atoms with Gasteiger partial charge in [-0.2, -0.15) is 5.10 Å². The molecule has 2 heterocycles. The number of aryl methyl sites for hydroxylation is 2. The Bertz CT molecular complexity index is 818. The molecule has 0 aliphatic carbocycles. The Morgan fingerprint density at radius 3 is 2.55 bits per heavy atom. The number of benzene rings is 1. The average Bonchev–Trinajstić information content (AvgIpc) is 3.06. The van der Waals surface area contributed by atoms with Gasteiger partial charge >= 0.3 is 0 Å². The smallest absolute Gasteiger partial charge is 0.292 e. The van der Waals surface area contributed by atoms with E-state index in [2.05, 4.69) is 26.3 Å². The molecule has 0 unspecified atom stereocenters. The fraction of sp³-hybridized carbons (Fsp3) is 0.125. The van der Waals surface area contributed by atoms with Gasteiger partial charge in [-0.05, 0) is 54.0 Å². The van der Waals surface area contributed by atoms with Crippen molar-refractivity contribution in [3.8, 4) is 5.69 Å². The van der Waals surface area contributed by atoms with Crippen LogP contribution in [0.25, 0.3) is 5.69 Å². The quantitative estimate of drug-likeness (QED) is 0.765. The maximum Gasteiger partial charge on any atom is 0.292 e. The van der Waals surface area contributed by atoms with Crippen LogP contribution in [0.3, 0.4) is 0 Å². The van der Waals surface area contributed by atoms with Crippen LogP contribution >= 0.6 is 15.9 Å². The minimum atomic E-state index is -0.320. The van der Waals surface area contributed by atoms with E-state index in [-0.39, 0.29) is 11.7 Å². The number of carbonyl (C=O) groups excluding carboxylic acids is 1. The standard InChI is InChI=1S/C16H14BrN3O2/c1-10-3-5-12(6-4-10)20-15(9-11(2)19-20)18-16(21)13-7-8-14(17)22-13/h3-9H,1-2H3,(H,18,21). The van der Waals surface area contributed by atoms with Gasteiger partial charge in [0.25, 0.3) is 5.91 Å². The lowest BCUT2D eigenvalue weighted by Crippen LogP contribution is -2.14. The SMILES string of the molecule is Cc1ccc(-n2nc(C)cc2NC(=O)c2ccc(Br)o2)cc1. The van der Waals surface area contributed by atoms with Crippen LogP contribution in [0.4, 0.5) is 5.82 Å². The molecule has 0 fully saturated rings. The second-order valence-corrected chi connectivity index (χ2v) is 5.76. The van der Waals surface area contributed by atoms with Crippen molar-refractivity contribution in [2.75, 3.05) is 5.32 Å². The largest absolute Gasteiger partial charge is 0.444 e. The maximum absolute atomic E-state index is 12.2. The first-order chi connectivity index (χ1) is 10.5. The Kier molecular flexibility index (Phi) is 3.85. The number of nitrogens with zero attached hydrogens (tertiary/aromatic N) is 2. The van der Waals surface area contributed by atoms with Gasteiger partial charge in [-0.25, -0.2) is 4.68 Å². The van der Waals surface area contributed by atoms with E-state index in [1.165, 1.54) is 5.56 Å². The summed E-state index contributed by atoms with van der Waals surface area (Å²) < 4.78 is 7.47. The number of hydrogen-bond donors (Lipinski definition) is 1. The predicted molar refractivity (Wildman–Crippen MR) is 87.4 cm³/mol. The first kappa shape index (κ1) is 14.6. The number of carbonyl (C=O) groups is 1. The first-order valence-corrected chi connectivity index (χ1v) is 7.52. The van der Waals surface area contributed by atoms with Crippen molar-refractivity contribution in [2.45, 2.75) is 13.8 Å². The molecule has 1 N–H and O–H groups in total. The molecule has 0 saturated carbocycles. The van der Waals surface area contributed by atoms with Crippen LogP contribution in [0.1, 0.15) is 21.8 Å². The van der Waals surface area contributed by atoms with Crippen molar-refractivity contribution in [3.05, 3.63) is 64.2 Å². The van der Waals surface area contributed by atoms with Gasteiger partial charge in [0.05, 0.1) is 11.4 Å². The summed E-state index contributed by atoms with van der Waals surface area (Å²) in [6.07, 6.45) is 0. The fourth-order valence-electron chi connectivity index (χ4n) is 2.09. The van der Waals surface area contributed by atoms with Gasteiger partial charge in [0.15, 0.2) is 10.4 Å². The van der Waals surface area contributed by atoms with Crippen LogP contribution in [0.5, 0.6) is 0 Å². The summed E-state index contributed by atoms with van der Waals surface area (Å²) in [6.45, 7) is 3.90. The third kappa shape index (κ3) is 2.96. The van der Waals surface area contributed by atoms with E-state index in [9.17, 15) is 4.79 Å². The van der Waals surface area contributed by atoms with E-state index >= 15 is 0 Å². The molecule has 112 valence electrons. The summed E-state index contributed by atoms with van der Waals surface area (Å²) in [5.74, 6) is 0.513. The van der Waals surface area contributed by atoms with Crippen LogP contribution < -0.4 is 5.32 Å². The highest BCUT2D eigenvalue weighted by Gasteiger charge is 2.15. The molecule has 1 amide bonds. The molecule has 1 aromatic carbocycles. The average molecular weight is 360 g/mol. The molecule has 0 bridgehead atoms. The zero-order valence-electron chi connectivity index (χ0n) is 12.1. The Hall–Kier alpha value is -2.34. The summed E-state index contributed by atoms with van der Waals surface area (Å²) in [7, 11) is 0. The highest BCUT2D eigenvalue weighted by atomic mass is 79.9. The summed E-state index contributed by atoms with van der Waals surface area (Å²) in [4.78, 5) is 12.2. The van der Waals surface area contributed by atoms with Crippen molar-refractivity contribution < 1.29 is 9.21 Å². The van der Waals surface area contributed by atoms with Gasteiger partial charge in [-0.15, -0.1) is 0 Å². The van der Waals surface area contributed by atoms with Crippen LogP contribution in [-0.4, -0.2) is 15.7 Å². The number of halogens is 1. The third-order valence-electron chi connectivity index (χ3n) is 3.15. The molecule has 0 atom stereocenters. The van der Waals surface area contributed by atoms with Crippen LogP contribution in [0.2, 0.25) is 0 Å². The number of amides is 1. The summed E-state index contributed by atoms with van der Waals surface area (Å²) >= 11 is 3.18. The zero-order chi connectivity index (χ0) is 15.7. The number of anilines is 1. The van der Waals surface area contributed by atoms with Crippen LogP contribution in [-0.2, 0) is 0 Å². The molecule has 3 rings (SSSR count). The van der Waals surface area contributed by atoms with Gasteiger partial charge in [0.2, 0.25) is 0 Å². The molecule has 0 aliphatic rings. The van der Waals surface area contributed by atoms with E-state index in [0.29, 0.717) is 10.5 Å². The maximum atomic E-state index is 12.2. The predicted octanol–water partition coefficient (Wildman–Crippen LogP) is 4.10. The van der Waals surface area contributed by atoms with Gasteiger partial charge in [0, 0.05) is 6.07 Å². The van der Waals surface area contributed by atoms with Gasteiger partial charge in [0.1, 0.15) is 5.82 Å². The summed E-state index contributed by atoms with van der Waals surface area (Å²) in [5, 5.41) is 7.25. The van der Waals surface area contributed by atoms with E-state index in [4.69, 9.17) is 4.42 Å². The number of furan rings is 1. The lowest BCUT2D eigenvalue weighted by atomic mass is 10.2. The Morgan fingerprint density at radius 2 is 1.91 bits per heavy atom. The summed E-state index contributed by atoms with van der Waals surface area (Å²) in [6, 6.07) is 13.0. The molecule has 0 spiro atoms. The van der Waals surface area contributed by atoms with Crippen LogP contribution in [0.15, 0.2) is 51.6 Å². The Labute approximate surface area is 136 Å². The Morgan fingerprint density at radius 1 is 1.18 bits per heavy atom. The van der Waals surface area contributed by atoms with Crippen molar-refractivity contribution in [2.24, 2.45) is 0 Å². The fourth-order valence-corrected chi connectivity index (χ4v) is 2.39. The molecule has 0 radical (unpaired) electrons. The molecular formula is C16H14BrN3O2. The van der Waals surface area contributed by atoms with E-state index in [1.54, 1.807) is 16.8 Å². The lowest BCUT2D eigenvalue weighted by molar-refractivity contribution is 0.0994. The lowest BCUT2D eigenvalue weighted by Gasteiger charge is -2.08. The van der Waals surface area contributed by atoms with Gasteiger partial charge < -0.3 is 9.73 Å². The van der Waals surface area contributed by atoms with Crippen molar-refractivity contribution in [3.63, 3.8) is 0 Å². The van der Waals surface area contributed by atoms with Gasteiger partial charge in [-0.3, -0.25) is 4.79 Å². The number of hydrogen-bond acceptors (Lipinski definition) is 3. The molecule has 5 nitrogen and oxygen atoms in total. The van der Waals surface area contributed by atoms with Crippen molar-refractivity contribution in [1.82, 2.24) is 9.78 Å². The molecule has 22 heavy (non-hydrogen) atoms. The molecule has 6 heteroatoms. The first-order valence-electron chi connectivity index (χ1n) is 6.73. The topological polar surface area (TPSA) is 60.1 Å². The minimum absolute atomic E-state index is 0.237. The third-order valence-corrected chi connectivity index (χ3v) is 3.57. The van der Waals surface area contributed by atoms with Gasteiger partial charge in [-0.1, -0.05) is 17.7 Å². The molecule has 2 aromatic heterocycles. The van der Waals surface area contributed by atoms with E-state index in [1.807, 2.05) is 44.2 Å². The number of rotatable bonds is 3. The molecule has 3 aromatic rings. The summed E-state index contributed by atoms with van der Waals surface area (Å²) in [5.41, 5.74) is 2.87. The number of nitrogens with one attached hydrogen (secondary N) is 1. The second-order valence-electron chi connectivity index (χ2n) is 4.98.